The second-order valence-electron chi connectivity index (χ2n) is 5.12. The zero-order valence-corrected chi connectivity index (χ0v) is 14.9. The normalized spacial score (nSPS) is 11.1. The fraction of sp³-hybridized carbons (Fsp3) is 0.529. The molecule has 0 N–H and O–H groups in total. The molecule has 0 fully saturated rings. The highest BCUT2D eigenvalue weighted by atomic mass is 79.9. The van der Waals surface area contributed by atoms with Crippen molar-refractivity contribution in [3.63, 3.8) is 0 Å². The summed E-state index contributed by atoms with van der Waals surface area (Å²) in [4.78, 5) is 24.9. The summed E-state index contributed by atoms with van der Waals surface area (Å²) in [5, 5.41) is 0. The van der Waals surface area contributed by atoms with E-state index in [1.165, 1.54) is 0 Å². The summed E-state index contributed by atoms with van der Waals surface area (Å²) in [6, 6.07) is 6.92. The van der Waals surface area contributed by atoms with Crippen LogP contribution in [0.3, 0.4) is 0 Å². The number of rotatable bonds is 8. The van der Waals surface area contributed by atoms with Crippen LogP contribution in [0.2, 0.25) is 0 Å². The van der Waals surface area contributed by atoms with Crippen LogP contribution in [0.5, 0.6) is 5.75 Å². The monoisotopic (exact) mass is 370 g/mol. The molecule has 0 aliphatic rings. The van der Waals surface area contributed by atoms with Crippen molar-refractivity contribution in [1.82, 2.24) is 0 Å². The van der Waals surface area contributed by atoms with Gasteiger partial charge in [-0.2, -0.15) is 0 Å². The predicted molar refractivity (Wildman–Crippen MR) is 88.7 cm³/mol. The van der Waals surface area contributed by atoms with Gasteiger partial charge >= 0.3 is 11.9 Å². The zero-order chi connectivity index (χ0) is 16.6. The standard InChI is InChI=1S/C17H23BrO4/c1-4-7-12-21-15(19)17(5-2,6-3)16(20)22-14-10-8-13(18)9-11-14/h8-11H,4-7,12H2,1-3H3. The first kappa shape index (κ1) is 18.7. The molecule has 4 nitrogen and oxygen atoms in total. The molecule has 0 bridgehead atoms. The number of hydrogen-bond donors (Lipinski definition) is 0. The summed E-state index contributed by atoms with van der Waals surface area (Å²) in [5.74, 6) is -0.629. The van der Waals surface area contributed by atoms with E-state index in [0.29, 0.717) is 25.2 Å². The van der Waals surface area contributed by atoms with Crippen LogP contribution in [-0.4, -0.2) is 18.5 Å². The SMILES string of the molecule is CCCCOC(=O)C(CC)(CC)C(=O)Oc1ccc(Br)cc1. The Morgan fingerprint density at radius 2 is 1.64 bits per heavy atom. The van der Waals surface area contributed by atoms with Gasteiger partial charge in [0.2, 0.25) is 0 Å². The molecular weight excluding hydrogens is 348 g/mol. The quantitative estimate of drug-likeness (QED) is 0.292. The van der Waals surface area contributed by atoms with Crippen molar-refractivity contribution in [3.8, 4) is 5.75 Å². The largest absolute Gasteiger partial charge is 0.465 e. The van der Waals surface area contributed by atoms with Gasteiger partial charge in [0.15, 0.2) is 5.41 Å². The lowest BCUT2D eigenvalue weighted by Crippen LogP contribution is -2.42. The summed E-state index contributed by atoms with van der Waals surface area (Å²) in [5.41, 5.74) is -1.24. The average Bonchev–Trinajstić information content (AvgIpc) is 2.51. The fourth-order valence-electron chi connectivity index (χ4n) is 2.07. The molecule has 0 saturated carbocycles. The minimum absolute atomic E-state index is 0.336. The van der Waals surface area contributed by atoms with Gasteiger partial charge in [-0.3, -0.25) is 9.59 Å². The summed E-state index contributed by atoms with van der Waals surface area (Å²) in [7, 11) is 0. The Labute approximate surface area is 140 Å². The molecule has 0 aromatic heterocycles. The van der Waals surface area contributed by atoms with Crippen molar-refractivity contribution in [2.24, 2.45) is 5.41 Å². The van der Waals surface area contributed by atoms with Crippen molar-refractivity contribution in [2.45, 2.75) is 46.5 Å². The molecular formula is C17H23BrO4. The summed E-state index contributed by atoms with van der Waals surface area (Å²) < 4.78 is 11.5. The number of benzene rings is 1. The van der Waals surface area contributed by atoms with Gasteiger partial charge in [-0.1, -0.05) is 43.1 Å². The highest BCUT2D eigenvalue weighted by Crippen LogP contribution is 2.31. The van der Waals surface area contributed by atoms with E-state index in [1.807, 2.05) is 6.92 Å². The average molecular weight is 371 g/mol. The van der Waals surface area contributed by atoms with Crippen LogP contribution in [0.25, 0.3) is 0 Å². The Morgan fingerprint density at radius 1 is 1.05 bits per heavy atom. The second-order valence-corrected chi connectivity index (χ2v) is 6.04. The maximum Gasteiger partial charge on any atom is 0.328 e. The minimum atomic E-state index is -1.24. The van der Waals surface area contributed by atoms with Gasteiger partial charge in [-0.05, 0) is 43.5 Å². The second kappa shape index (κ2) is 8.93. The molecule has 1 rings (SSSR count). The van der Waals surface area contributed by atoms with Crippen LogP contribution in [0.4, 0.5) is 0 Å². The van der Waals surface area contributed by atoms with Crippen LogP contribution in [0, 0.1) is 5.41 Å². The van der Waals surface area contributed by atoms with Crippen LogP contribution >= 0.6 is 15.9 Å². The third kappa shape index (κ3) is 4.57. The number of carbonyl (C=O) groups excluding carboxylic acids is 2. The maximum atomic E-state index is 12.5. The van der Waals surface area contributed by atoms with E-state index < -0.39 is 17.4 Å². The van der Waals surface area contributed by atoms with Gasteiger partial charge in [0.05, 0.1) is 6.61 Å². The van der Waals surface area contributed by atoms with Gasteiger partial charge < -0.3 is 9.47 Å². The highest BCUT2D eigenvalue weighted by Gasteiger charge is 2.46. The first-order valence-corrected chi connectivity index (χ1v) is 8.44. The van der Waals surface area contributed by atoms with Gasteiger partial charge in [0.1, 0.15) is 5.75 Å². The number of unbranched alkanes of at least 4 members (excludes halogenated alkanes) is 1. The van der Waals surface area contributed by atoms with Crippen molar-refractivity contribution in [2.75, 3.05) is 6.61 Å². The Hall–Kier alpha value is -1.36. The Kier molecular flexibility index (Phi) is 7.59. The fourth-order valence-corrected chi connectivity index (χ4v) is 2.33. The molecule has 1 aromatic rings. The van der Waals surface area contributed by atoms with Gasteiger partial charge in [-0.15, -0.1) is 0 Å². The molecule has 0 amide bonds. The Morgan fingerprint density at radius 3 is 2.14 bits per heavy atom. The molecule has 22 heavy (non-hydrogen) atoms. The van der Waals surface area contributed by atoms with E-state index in [0.717, 1.165) is 17.3 Å². The molecule has 0 heterocycles. The molecule has 0 aliphatic heterocycles. The summed E-state index contributed by atoms with van der Waals surface area (Å²) in [6.45, 7) is 5.95. The number of hydrogen-bond acceptors (Lipinski definition) is 4. The van der Waals surface area contributed by atoms with Crippen LogP contribution in [-0.2, 0) is 14.3 Å². The predicted octanol–water partition coefficient (Wildman–Crippen LogP) is 4.50. The third-order valence-electron chi connectivity index (χ3n) is 3.74. The molecule has 122 valence electrons. The molecule has 1 aromatic carbocycles. The van der Waals surface area contributed by atoms with E-state index in [2.05, 4.69) is 15.9 Å². The lowest BCUT2D eigenvalue weighted by atomic mass is 9.82. The van der Waals surface area contributed by atoms with Crippen LogP contribution in [0.15, 0.2) is 28.7 Å². The lowest BCUT2D eigenvalue weighted by molar-refractivity contribution is -0.168. The highest BCUT2D eigenvalue weighted by molar-refractivity contribution is 9.10. The van der Waals surface area contributed by atoms with E-state index in [9.17, 15) is 9.59 Å². The zero-order valence-electron chi connectivity index (χ0n) is 13.4. The first-order chi connectivity index (χ1) is 10.5. The van der Waals surface area contributed by atoms with Crippen LogP contribution in [0.1, 0.15) is 46.5 Å². The minimum Gasteiger partial charge on any atom is -0.465 e. The third-order valence-corrected chi connectivity index (χ3v) is 4.27. The molecule has 0 atom stereocenters. The van der Waals surface area contributed by atoms with E-state index >= 15 is 0 Å². The van der Waals surface area contributed by atoms with Crippen molar-refractivity contribution in [3.05, 3.63) is 28.7 Å². The lowest BCUT2D eigenvalue weighted by Gasteiger charge is -2.26. The number of halogens is 1. The molecule has 5 heteroatoms. The Bertz CT molecular complexity index is 492. The molecule has 0 aliphatic carbocycles. The topological polar surface area (TPSA) is 52.6 Å². The van der Waals surface area contributed by atoms with Gasteiger partial charge in [-0.25, -0.2) is 0 Å². The van der Waals surface area contributed by atoms with E-state index in [-0.39, 0.29) is 0 Å². The Balaban J connectivity index is 2.85. The van der Waals surface area contributed by atoms with E-state index in [1.54, 1.807) is 38.1 Å². The van der Waals surface area contributed by atoms with Crippen molar-refractivity contribution in [1.29, 1.82) is 0 Å². The first-order valence-electron chi connectivity index (χ1n) is 7.65. The smallest absolute Gasteiger partial charge is 0.328 e. The summed E-state index contributed by atoms with van der Waals surface area (Å²) in [6.07, 6.45) is 2.42. The molecule has 0 unspecified atom stereocenters. The summed E-state index contributed by atoms with van der Waals surface area (Å²) >= 11 is 3.32. The van der Waals surface area contributed by atoms with Crippen molar-refractivity contribution < 1.29 is 19.1 Å². The molecule has 0 radical (unpaired) electrons. The molecule has 0 saturated heterocycles. The number of carbonyl (C=O) groups is 2. The maximum absolute atomic E-state index is 12.5. The van der Waals surface area contributed by atoms with E-state index in [4.69, 9.17) is 9.47 Å². The number of ether oxygens (including phenoxy) is 2. The van der Waals surface area contributed by atoms with Crippen molar-refractivity contribution >= 4 is 27.9 Å². The number of esters is 2. The van der Waals surface area contributed by atoms with Crippen LogP contribution < -0.4 is 4.74 Å². The van der Waals surface area contributed by atoms with Gasteiger partial charge in [0.25, 0.3) is 0 Å². The van der Waals surface area contributed by atoms with Gasteiger partial charge in [0, 0.05) is 4.47 Å². The molecule has 0 spiro atoms.